The van der Waals surface area contributed by atoms with Crippen LogP contribution >= 0.6 is 22.6 Å². The summed E-state index contributed by atoms with van der Waals surface area (Å²) in [4.78, 5) is 12.3. The number of ketones is 1. The molecule has 2 aromatic carbocycles. The lowest BCUT2D eigenvalue weighted by molar-refractivity contribution is 0.103. The highest BCUT2D eigenvalue weighted by Crippen LogP contribution is 2.18. The molecule has 0 N–H and O–H groups in total. The Balaban J connectivity index is 2.27. The summed E-state index contributed by atoms with van der Waals surface area (Å²) in [6.07, 6.45) is 0. The maximum absolute atomic E-state index is 12.3. The first kappa shape index (κ1) is 13.1. The summed E-state index contributed by atoms with van der Waals surface area (Å²) in [5.74, 6) is 0.833. The topological polar surface area (TPSA) is 26.3 Å². The first-order chi connectivity index (χ1) is 8.72. The summed E-state index contributed by atoms with van der Waals surface area (Å²) in [5, 5.41) is 0. The van der Waals surface area contributed by atoms with E-state index >= 15 is 0 Å². The van der Waals surface area contributed by atoms with Gasteiger partial charge in [0.05, 0.1) is 6.61 Å². The van der Waals surface area contributed by atoms with Crippen molar-refractivity contribution in [1.82, 2.24) is 0 Å². The standard InChI is InChI=1S/C15H13IO2/c1-2-18-12-9-7-11(8-10-12)15(17)13-5-3-4-6-14(13)16/h3-10H,2H2,1H3. The molecule has 0 radical (unpaired) electrons. The number of ether oxygens (including phenoxy) is 1. The molecule has 2 aromatic rings. The van der Waals surface area contributed by atoms with Crippen LogP contribution in [0.15, 0.2) is 48.5 Å². The second-order valence-electron chi connectivity index (χ2n) is 3.77. The molecule has 0 unspecified atom stereocenters. The van der Waals surface area contributed by atoms with Gasteiger partial charge in [0.2, 0.25) is 0 Å². The summed E-state index contributed by atoms with van der Waals surface area (Å²) in [7, 11) is 0. The van der Waals surface area contributed by atoms with Crippen molar-refractivity contribution in [2.45, 2.75) is 6.92 Å². The summed E-state index contributed by atoms with van der Waals surface area (Å²) in [6.45, 7) is 2.56. The van der Waals surface area contributed by atoms with Crippen molar-refractivity contribution in [3.05, 3.63) is 63.2 Å². The Morgan fingerprint density at radius 2 is 1.78 bits per heavy atom. The Hall–Kier alpha value is -1.36. The highest BCUT2D eigenvalue weighted by Gasteiger charge is 2.11. The molecule has 0 saturated heterocycles. The molecule has 3 heteroatoms. The average Bonchev–Trinajstić information content (AvgIpc) is 2.40. The average molecular weight is 352 g/mol. The van der Waals surface area contributed by atoms with Crippen molar-refractivity contribution in [2.24, 2.45) is 0 Å². The number of carbonyl (C=O) groups is 1. The Bertz CT molecular complexity index is 547. The molecule has 0 heterocycles. The van der Waals surface area contributed by atoms with E-state index in [-0.39, 0.29) is 5.78 Å². The number of benzene rings is 2. The third-order valence-electron chi connectivity index (χ3n) is 2.55. The largest absolute Gasteiger partial charge is 0.494 e. The lowest BCUT2D eigenvalue weighted by Crippen LogP contribution is -2.03. The zero-order valence-corrected chi connectivity index (χ0v) is 12.2. The van der Waals surface area contributed by atoms with Gasteiger partial charge in [-0.05, 0) is 65.9 Å². The van der Waals surface area contributed by atoms with Crippen LogP contribution < -0.4 is 4.74 Å². The Morgan fingerprint density at radius 3 is 2.39 bits per heavy atom. The van der Waals surface area contributed by atoms with Crippen LogP contribution in [0.5, 0.6) is 5.75 Å². The molecule has 92 valence electrons. The van der Waals surface area contributed by atoms with E-state index in [1.165, 1.54) is 0 Å². The SMILES string of the molecule is CCOc1ccc(C(=O)c2ccccc2I)cc1. The van der Waals surface area contributed by atoms with Gasteiger partial charge in [-0.2, -0.15) is 0 Å². The van der Waals surface area contributed by atoms with Crippen molar-refractivity contribution in [3.8, 4) is 5.75 Å². The zero-order chi connectivity index (χ0) is 13.0. The quantitative estimate of drug-likeness (QED) is 0.616. The maximum Gasteiger partial charge on any atom is 0.194 e. The van der Waals surface area contributed by atoms with Crippen LogP contribution in [0.4, 0.5) is 0 Å². The van der Waals surface area contributed by atoms with E-state index in [9.17, 15) is 4.79 Å². The molecule has 0 spiro atoms. The van der Waals surface area contributed by atoms with Crippen molar-refractivity contribution < 1.29 is 9.53 Å². The molecule has 0 aliphatic rings. The normalized spacial score (nSPS) is 10.1. The van der Waals surface area contributed by atoms with Crippen LogP contribution in [-0.4, -0.2) is 12.4 Å². The molecular formula is C15H13IO2. The summed E-state index contributed by atoms with van der Waals surface area (Å²) >= 11 is 2.18. The van der Waals surface area contributed by atoms with E-state index in [0.717, 1.165) is 14.9 Å². The fourth-order valence-electron chi connectivity index (χ4n) is 1.67. The van der Waals surface area contributed by atoms with Gasteiger partial charge in [0.25, 0.3) is 0 Å². The Morgan fingerprint density at radius 1 is 1.11 bits per heavy atom. The van der Waals surface area contributed by atoms with Crippen LogP contribution in [0.3, 0.4) is 0 Å². The van der Waals surface area contributed by atoms with Gasteiger partial charge in [0.15, 0.2) is 5.78 Å². The van der Waals surface area contributed by atoms with Crippen LogP contribution in [-0.2, 0) is 0 Å². The number of hydrogen-bond donors (Lipinski definition) is 0. The van der Waals surface area contributed by atoms with Crippen LogP contribution in [0.1, 0.15) is 22.8 Å². The number of halogens is 1. The van der Waals surface area contributed by atoms with Crippen LogP contribution in [0, 0.1) is 3.57 Å². The van der Waals surface area contributed by atoms with Crippen LogP contribution in [0.25, 0.3) is 0 Å². The van der Waals surface area contributed by atoms with Crippen LogP contribution in [0.2, 0.25) is 0 Å². The predicted molar refractivity (Wildman–Crippen MR) is 80.2 cm³/mol. The van der Waals surface area contributed by atoms with E-state index < -0.39 is 0 Å². The van der Waals surface area contributed by atoms with Crippen molar-refractivity contribution in [3.63, 3.8) is 0 Å². The molecule has 0 aliphatic carbocycles. The molecule has 0 atom stereocenters. The second kappa shape index (κ2) is 6.00. The lowest BCUT2D eigenvalue weighted by Gasteiger charge is -2.06. The first-order valence-corrected chi connectivity index (χ1v) is 6.82. The zero-order valence-electron chi connectivity index (χ0n) is 10.0. The van der Waals surface area contributed by atoms with Gasteiger partial charge in [-0.25, -0.2) is 0 Å². The molecule has 2 rings (SSSR count). The smallest absolute Gasteiger partial charge is 0.194 e. The highest BCUT2D eigenvalue weighted by molar-refractivity contribution is 14.1. The van der Waals surface area contributed by atoms with E-state index in [4.69, 9.17) is 4.74 Å². The van der Waals surface area contributed by atoms with Gasteiger partial charge in [0, 0.05) is 14.7 Å². The van der Waals surface area contributed by atoms with Gasteiger partial charge in [-0.15, -0.1) is 0 Å². The third-order valence-corrected chi connectivity index (χ3v) is 3.49. The first-order valence-electron chi connectivity index (χ1n) is 5.74. The highest BCUT2D eigenvalue weighted by atomic mass is 127. The Labute approximate surface area is 120 Å². The second-order valence-corrected chi connectivity index (χ2v) is 4.93. The minimum Gasteiger partial charge on any atom is -0.494 e. The fourth-order valence-corrected chi connectivity index (χ4v) is 2.30. The van der Waals surface area contributed by atoms with E-state index in [1.54, 1.807) is 12.1 Å². The lowest BCUT2D eigenvalue weighted by atomic mass is 10.0. The minimum atomic E-state index is 0.0445. The number of hydrogen-bond acceptors (Lipinski definition) is 2. The van der Waals surface area contributed by atoms with E-state index in [0.29, 0.717) is 12.2 Å². The number of rotatable bonds is 4. The predicted octanol–water partition coefficient (Wildman–Crippen LogP) is 3.92. The van der Waals surface area contributed by atoms with Crippen molar-refractivity contribution >= 4 is 28.4 Å². The minimum absolute atomic E-state index is 0.0445. The third kappa shape index (κ3) is 2.90. The molecule has 2 nitrogen and oxygen atoms in total. The van der Waals surface area contributed by atoms with Crippen molar-refractivity contribution in [2.75, 3.05) is 6.61 Å². The molecule has 0 fully saturated rings. The fraction of sp³-hybridized carbons (Fsp3) is 0.133. The molecule has 0 aliphatic heterocycles. The van der Waals surface area contributed by atoms with Gasteiger partial charge in [-0.1, -0.05) is 12.1 Å². The van der Waals surface area contributed by atoms with E-state index in [1.807, 2.05) is 43.3 Å². The van der Waals surface area contributed by atoms with E-state index in [2.05, 4.69) is 22.6 Å². The molecular weight excluding hydrogens is 339 g/mol. The monoisotopic (exact) mass is 352 g/mol. The molecule has 0 bridgehead atoms. The van der Waals surface area contributed by atoms with Crippen molar-refractivity contribution in [1.29, 1.82) is 0 Å². The maximum atomic E-state index is 12.3. The molecule has 0 saturated carbocycles. The molecule has 0 aromatic heterocycles. The summed E-state index contributed by atoms with van der Waals surface area (Å²) in [6, 6.07) is 14.8. The molecule has 0 amide bonds. The number of carbonyl (C=O) groups excluding carboxylic acids is 1. The van der Waals surface area contributed by atoms with Gasteiger partial charge >= 0.3 is 0 Å². The van der Waals surface area contributed by atoms with Gasteiger partial charge in [-0.3, -0.25) is 4.79 Å². The molecule has 18 heavy (non-hydrogen) atoms. The van der Waals surface area contributed by atoms with Gasteiger partial charge in [0.1, 0.15) is 5.75 Å². The van der Waals surface area contributed by atoms with Gasteiger partial charge < -0.3 is 4.74 Å². The summed E-state index contributed by atoms with van der Waals surface area (Å²) in [5.41, 5.74) is 1.42. The Kier molecular flexibility index (Phi) is 4.36. The summed E-state index contributed by atoms with van der Waals surface area (Å²) < 4.78 is 6.32.